The summed E-state index contributed by atoms with van der Waals surface area (Å²) in [6, 6.07) is 0. The van der Waals surface area contributed by atoms with E-state index in [1.165, 1.54) is 6.92 Å². The summed E-state index contributed by atoms with van der Waals surface area (Å²) in [6.45, 7) is 3.93. The van der Waals surface area contributed by atoms with E-state index in [-0.39, 0.29) is 5.91 Å². The largest absolute Gasteiger partial charge is 0.365 e. The molecule has 1 aliphatic heterocycles. The van der Waals surface area contributed by atoms with E-state index in [4.69, 9.17) is 28.3 Å². The Morgan fingerprint density at radius 3 is 2.27 bits per heavy atom. The van der Waals surface area contributed by atoms with Gasteiger partial charge in [0.05, 0.1) is 13.3 Å². The number of hydrogen-bond acceptors (Lipinski definition) is 3. The van der Waals surface area contributed by atoms with Crippen LogP contribution in [0.3, 0.4) is 0 Å². The summed E-state index contributed by atoms with van der Waals surface area (Å²) in [5.74, 6) is -0.377. The molecule has 0 bridgehead atoms. The lowest BCUT2D eigenvalue weighted by atomic mass is 10.7. The van der Waals surface area contributed by atoms with Crippen LogP contribution in [-0.4, -0.2) is 29.7 Å². The Hall–Kier alpha value is -0.0300. The predicted octanol–water partition coefficient (Wildman–Crippen LogP) is 0.706. The first kappa shape index (κ1) is 11.0. The van der Waals surface area contributed by atoms with Crippen molar-refractivity contribution in [3.63, 3.8) is 0 Å². The molecule has 0 unspecified atom stereocenters. The van der Waals surface area contributed by atoms with Crippen LogP contribution in [-0.2, 0) is 9.53 Å². The molecule has 0 aromatic carbocycles. The van der Waals surface area contributed by atoms with Gasteiger partial charge in [0.25, 0.3) is 0 Å². The van der Waals surface area contributed by atoms with Gasteiger partial charge in [-0.15, -0.1) is 0 Å². The molecule has 4 nitrogen and oxygen atoms in total. The van der Waals surface area contributed by atoms with Crippen molar-refractivity contribution in [1.29, 1.82) is 0 Å². The van der Waals surface area contributed by atoms with Crippen molar-refractivity contribution in [2.45, 2.75) is 6.92 Å². The monoisotopic (exact) mass is 200 g/mol. The van der Waals surface area contributed by atoms with Gasteiger partial charge in [-0.2, -0.15) is 3.94 Å². The van der Waals surface area contributed by atoms with Gasteiger partial charge in [0, 0.05) is 37.0 Å². The van der Waals surface area contributed by atoms with E-state index >= 15 is 0 Å². The van der Waals surface area contributed by atoms with E-state index in [0.717, 1.165) is 19.9 Å². The van der Waals surface area contributed by atoms with Crippen molar-refractivity contribution < 1.29 is 9.53 Å². The topological polar surface area (TPSA) is 41.6 Å². The van der Waals surface area contributed by atoms with Crippen LogP contribution in [0.5, 0.6) is 0 Å². The van der Waals surface area contributed by atoms with Gasteiger partial charge < -0.3 is 4.74 Å². The van der Waals surface area contributed by atoms with Gasteiger partial charge in [0.2, 0.25) is 5.91 Å². The molecule has 66 valence electrons. The van der Waals surface area contributed by atoms with Crippen molar-refractivity contribution in [3.8, 4) is 0 Å². The molecule has 0 radical (unpaired) electrons. The first-order valence-electron chi connectivity index (χ1n) is 3.05. The van der Waals surface area contributed by atoms with E-state index in [9.17, 15) is 4.79 Å². The van der Waals surface area contributed by atoms with E-state index in [1.54, 1.807) is 0 Å². The third kappa shape index (κ3) is 7.87. The SMILES string of the molecule is C1COCN1.CC(=O)N(Cl)Cl. The highest BCUT2D eigenvalue weighted by atomic mass is 35.5. The number of ether oxygens (including phenoxy) is 1. The summed E-state index contributed by atoms with van der Waals surface area (Å²) in [6.07, 6.45) is 0. The number of hydrogen-bond donors (Lipinski definition) is 1. The normalized spacial score (nSPS) is 15.2. The number of amides is 1. The fourth-order valence-corrected chi connectivity index (χ4v) is 0.361. The first-order chi connectivity index (χ1) is 5.14. The number of rotatable bonds is 0. The summed E-state index contributed by atoms with van der Waals surface area (Å²) < 4.78 is 5.31. The molecule has 0 spiro atoms. The van der Waals surface area contributed by atoms with Crippen LogP contribution in [0, 0.1) is 0 Å². The molecule has 0 aromatic heterocycles. The van der Waals surface area contributed by atoms with Crippen LogP contribution < -0.4 is 5.32 Å². The molecule has 1 N–H and O–H groups in total. The van der Waals surface area contributed by atoms with Crippen molar-refractivity contribution >= 4 is 29.5 Å². The Labute approximate surface area is 75.6 Å². The Balaban J connectivity index is 0.000000183. The number of carbonyl (C=O) groups is 1. The molecule has 1 rings (SSSR count). The number of carbonyl (C=O) groups excluding carboxylic acids is 1. The lowest BCUT2D eigenvalue weighted by molar-refractivity contribution is -0.121. The quantitative estimate of drug-likeness (QED) is 0.586. The van der Waals surface area contributed by atoms with Crippen LogP contribution in [0.2, 0.25) is 0 Å². The van der Waals surface area contributed by atoms with Gasteiger partial charge in [-0.1, -0.05) is 0 Å². The van der Waals surface area contributed by atoms with E-state index in [2.05, 4.69) is 5.32 Å². The van der Waals surface area contributed by atoms with Crippen LogP contribution >= 0.6 is 23.6 Å². The Bertz CT molecular complexity index is 109. The summed E-state index contributed by atoms with van der Waals surface area (Å²) in [7, 11) is 0. The van der Waals surface area contributed by atoms with Crippen LogP contribution in [0.4, 0.5) is 0 Å². The molecule has 11 heavy (non-hydrogen) atoms. The second-order valence-electron chi connectivity index (χ2n) is 1.80. The molecule has 0 atom stereocenters. The zero-order valence-electron chi connectivity index (χ0n) is 6.14. The minimum Gasteiger partial charge on any atom is -0.365 e. The van der Waals surface area contributed by atoms with E-state index < -0.39 is 0 Å². The maximum absolute atomic E-state index is 9.81. The van der Waals surface area contributed by atoms with Crippen LogP contribution in [0.25, 0.3) is 0 Å². The number of nitrogens with one attached hydrogen (secondary N) is 1. The molecule has 1 saturated heterocycles. The van der Waals surface area contributed by atoms with Crippen molar-refractivity contribution in [2.75, 3.05) is 19.9 Å². The van der Waals surface area contributed by atoms with E-state index in [0.29, 0.717) is 3.94 Å². The molecule has 1 heterocycles. The number of nitrogens with zero attached hydrogens (tertiary/aromatic N) is 1. The Morgan fingerprint density at radius 1 is 1.64 bits per heavy atom. The minimum absolute atomic E-state index is 0.377. The smallest absolute Gasteiger partial charge is 0.248 e. The van der Waals surface area contributed by atoms with Gasteiger partial charge in [-0.25, -0.2) is 0 Å². The van der Waals surface area contributed by atoms with Gasteiger partial charge in [0.15, 0.2) is 0 Å². The number of halogens is 2. The fraction of sp³-hybridized carbons (Fsp3) is 0.800. The van der Waals surface area contributed by atoms with Crippen LogP contribution in [0.1, 0.15) is 6.92 Å². The van der Waals surface area contributed by atoms with Crippen molar-refractivity contribution in [1.82, 2.24) is 9.25 Å². The average molecular weight is 201 g/mol. The van der Waals surface area contributed by atoms with Gasteiger partial charge >= 0.3 is 0 Å². The molecule has 1 amide bonds. The van der Waals surface area contributed by atoms with Crippen molar-refractivity contribution in [3.05, 3.63) is 0 Å². The molecular formula is C5H10Cl2N2O2. The second kappa shape index (κ2) is 6.67. The molecule has 6 heteroatoms. The first-order valence-corrected chi connectivity index (χ1v) is 3.73. The molecule has 0 aliphatic carbocycles. The molecular weight excluding hydrogens is 191 g/mol. The zero-order valence-corrected chi connectivity index (χ0v) is 7.65. The maximum atomic E-state index is 9.81. The lowest BCUT2D eigenvalue weighted by Crippen LogP contribution is -2.05. The minimum atomic E-state index is -0.377. The summed E-state index contributed by atoms with van der Waals surface area (Å²) in [5.41, 5.74) is 0. The highest BCUT2D eigenvalue weighted by Gasteiger charge is 1.95. The highest BCUT2D eigenvalue weighted by Crippen LogP contribution is 1.96. The van der Waals surface area contributed by atoms with Crippen molar-refractivity contribution in [2.24, 2.45) is 0 Å². The third-order valence-corrected chi connectivity index (χ3v) is 1.34. The molecule has 1 fully saturated rings. The molecule has 0 saturated carbocycles. The summed E-state index contributed by atoms with van der Waals surface area (Å²) in [5, 5.41) is 3.00. The third-order valence-electron chi connectivity index (χ3n) is 0.865. The molecule has 0 aromatic rings. The predicted molar refractivity (Wildman–Crippen MR) is 43.0 cm³/mol. The lowest BCUT2D eigenvalue weighted by Gasteiger charge is -1.92. The van der Waals surface area contributed by atoms with Gasteiger partial charge in [0.1, 0.15) is 0 Å². The standard InChI is InChI=1S/C3H7NO.C2H3Cl2NO/c1-2-5-3-4-1;1-2(6)5(3)4/h4H,1-3H2;1H3. The Kier molecular flexibility index (Phi) is 6.65. The highest BCUT2D eigenvalue weighted by molar-refractivity contribution is 6.41. The zero-order chi connectivity index (χ0) is 8.69. The molecule has 1 aliphatic rings. The summed E-state index contributed by atoms with van der Waals surface area (Å²) >= 11 is 9.72. The van der Waals surface area contributed by atoms with Gasteiger partial charge in [-0.05, 0) is 0 Å². The Morgan fingerprint density at radius 2 is 2.18 bits per heavy atom. The maximum Gasteiger partial charge on any atom is 0.248 e. The van der Waals surface area contributed by atoms with Crippen LogP contribution in [0.15, 0.2) is 0 Å². The van der Waals surface area contributed by atoms with E-state index in [1.807, 2.05) is 0 Å². The fourth-order valence-electron chi connectivity index (χ4n) is 0.361. The van der Waals surface area contributed by atoms with Gasteiger partial charge in [-0.3, -0.25) is 10.1 Å². The average Bonchev–Trinajstić information content (AvgIpc) is 2.41. The summed E-state index contributed by atoms with van der Waals surface area (Å²) in [4.78, 5) is 9.81. The second-order valence-corrected chi connectivity index (χ2v) is 2.65.